The summed E-state index contributed by atoms with van der Waals surface area (Å²) in [4.78, 5) is 25.5. The fraction of sp³-hybridized carbons (Fsp3) is 0.375. The number of halogens is 1. The molecule has 2 amide bonds. The second-order valence-corrected chi connectivity index (χ2v) is 7.97. The molecule has 7 nitrogen and oxygen atoms in total. The molecule has 3 rings (SSSR count). The Labute approximate surface area is 158 Å². The standard InChI is InChI=1S/C16H18FN5O2S2/c17-10-5-1-2-6-11(10)19-15-20-21-16(26-15)25-9-13(23)22-8-4-3-7-12(22)14(18)24/h1-2,5-6,12H,3-4,7-9H2,(H2,18,24)(H,19,20)/t12-/m0/s1. The van der Waals surface area contributed by atoms with Gasteiger partial charge in [-0.1, -0.05) is 35.2 Å². The van der Waals surface area contributed by atoms with Crippen LogP contribution in [0.25, 0.3) is 0 Å². The van der Waals surface area contributed by atoms with E-state index in [2.05, 4.69) is 15.5 Å². The van der Waals surface area contributed by atoms with Gasteiger partial charge in [0, 0.05) is 6.54 Å². The van der Waals surface area contributed by atoms with Gasteiger partial charge in [0.1, 0.15) is 11.9 Å². The van der Waals surface area contributed by atoms with E-state index in [4.69, 9.17) is 5.73 Å². The van der Waals surface area contributed by atoms with E-state index in [9.17, 15) is 14.0 Å². The Bertz CT molecular complexity index is 800. The van der Waals surface area contributed by atoms with Crippen LogP contribution in [0.2, 0.25) is 0 Å². The van der Waals surface area contributed by atoms with Crippen molar-refractivity contribution in [3.63, 3.8) is 0 Å². The van der Waals surface area contributed by atoms with E-state index in [-0.39, 0.29) is 17.5 Å². The molecule has 0 spiro atoms. The van der Waals surface area contributed by atoms with E-state index in [1.165, 1.54) is 29.2 Å². The predicted molar refractivity (Wildman–Crippen MR) is 98.9 cm³/mol. The van der Waals surface area contributed by atoms with Crippen LogP contribution in [0, 0.1) is 5.82 Å². The lowest BCUT2D eigenvalue weighted by Crippen LogP contribution is -2.51. The van der Waals surface area contributed by atoms with Crippen molar-refractivity contribution < 1.29 is 14.0 Å². The molecule has 26 heavy (non-hydrogen) atoms. The Morgan fingerprint density at radius 3 is 2.92 bits per heavy atom. The topological polar surface area (TPSA) is 101 Å². The highest BCUT2D eigenvalue weighted by atomic mass is 32.2. The lowest BCUT2D eigenvalue weighted by Gasteiger charge is -2.33. The molecular formula is C16H18FN5O2S2. The number of hydrogen-bond donors (Lipinski definition) is 2. The molecule has 1 aliphatic rings. The van der Waals surface area contributed by atoms with Gasteiger partial charge < -0.3 is 16.0 Å². The van der Waals surface area contributed by atoms with Crippen molar-refractivity contribution in [3.8, 4) is 0 Å². The van der Waals surface area contributed by atoms with Gasteiger partial charge in [0.05, 0.1) is 11.4 Å². The maximum absolute atomic E-state index is 13.6. The minimum atomic E-state index is -0.524. The van der Waals surface area contributed by atoms with Gasteiger partial charge in [-0.05, 0) is 31.4 Å². The Balaban J connectivity index is 1.57. The number of rotatable bonds is 6. The van der Waals surface area contributed by atoms with Crippen molar-refractivity contribution in [2.24, 2.45) is 5.73 Å². The van der Waals surface area contributed by atoms with E-state index in [0.717, 1.165) is 12.8 Å². The van der Waals surface area contributed by atoms with E-state index < -0.39 is 11.9 Å². The van der Waals surface area contributed by atoms with Crippen LogP contribution in [0.3, 0.4) is 0 Å². The van der Waals surface area contributed by atoms with Crippen LogP contribution < -0.4 is 11.1 Å². The Morgan fingerprint density at radius 1 is 1.35 bits per heavy atom. The highest BCUT2D eigenvalue weighted by Gasteiger charge is 2.30. The molecule has 0 unspecified atom stereocenters. The van der Waals surface area contributed by atoms with Crippen molar-refractivity contribution in [2.45, 2.75) is 29.6 Å². The van der Waals surface area contributed by atoms with Crippen molar-refractivity contribution in [3.05, 3.63) is 30.1 Å². The van der Waals surface area contributed by atoms with Crippen LogP contribution in [0.4, 0.5) is 15.2 Å². The van der Waals surface area contributed by atoms with E-state index in [1.54, 1.807) is 23.1 Å². The first kappa shape index (κ1) is 18.6. The van der Waals surface area contributed by atoms with Gasteiger partial charge in [0.2, 0.25) is 16.9 Å². The second-order valence-electron chi connectivity index (χ2n) is 5.77. The molecule has 0 radical (unpaired) electrons. The molecule has 1 fully saturated rings. The van der Waals surface area contributed by atoms with E-state index in [1.807, 2.05) is 0 Å². The summed E-state index contributed by atoms with van der Waals surface area (Å²) in [5, 5.41) is 11.3. The highest BCUT2D eigenvalue weighted by molar-refractivity contribution is 8.01. The average Bonchev–Trinajstić information content (AvgIpc) is 3.09. The Kier molecular flexibility index (Phi) is 6.04. The highest BCUT2D eigenvalue weighted by Crippen LogP contribution is 2.29. The number of para-hydroxylation sites is 1. The lowest BCUT2D eigenvalue weighted by molar-refractivity contribution is -0.138. The number of piperidine rings is 1. The third kappa shape index (κ3) is 4.50. The lowest BCUT2D eigenvalue weighted by atomic mass is 10.0. The summed E-state index contributed by atoms with van der Waals surface area (Å²) < 4.78 is 14.2. The van der Waals surface area contributed by atoms with Crippen molar-refractivity contribution in [1.82, 2.24) is 15.1 Å². The monoisotopic (exact) mass is 395 g/mol. The van der Waals surface area contributed by atoms with Gasteiger partial charge in [-0.2, -0.15) is 0 Å². The number of hydrogen-bond acceptors (Lipinski definition) is 7. The minimum absolute atomic E-state index is 0.141. The number of nitrogens with one attached hydrogen (secondary N) is 1. The quantitative estimate of drug-likeness (QED) is 0.728. The molecule has 2 heterocycles. The zero-order chi connectivity index (χ0) is 18.5. The molecule has 1 aliphatic heterocycles. The summed E-state index contributed by atoms with van der Waals surface area (Å²) in [6.07, 6.45) is 2.38. The third-order valence-corrected chi connectivity index (χ3v) is 5.95. The summed E-state index contributed by atoms with van der Waals surface area (Å²) in [6.45, 7) is 0.545. The smallest absolute Gasteiger partial charge is 0.240 e. The Hall–Kier alpha value is -2.20. The van der Waals surface area contributed by atoms with Gasteiger partial charge in [0.15, 0.2) is 4.34 Å². The molecule has 3 N–H and O–H groups in total. The minimum Gasteiger partial charge on any atom is -0.368 e. The number of nitrogens with zero attached hydrogens (tertiary/aromatic N) is 3. The number of amides is 2. The molecule has 10 heteroatoms. The first-order valence-electron chi connectivity index (χ1n) is 8.11. The SMILES string of the molecule is NC(=O)[C@@H]1CCCCN1C(=O)CSc1nnc(Nc2ccccc2F)s1. The number of anilines is 2. The fourth-order valence-electron chi connectivity index (χ4n) is 2.73. The first-order valence-corrected chi connectivity index (χ1v) is 9.91. The van der Waals surface area contributed by atoms with Crippen LogP contribution in [-0.2, 0) is 9.59 Å². The number of thioether (sulfide) groups is 1. The van der Waals surface area contributed by atoms with Crippen LogP contribution >= 0.6 is 23.1 Å². The number of likely N-dealkylation sites (tertiary alicyclic amines) is 1. The summed E-state index contributed by atoms with van der Waals surface area (Å²) in [5.74, 6) is -0.833. The Morgan fingerprint density at radius 2 is 2.15 bits per heavy atom. The molecule has 1 saturated heterocycles. The third-order valence-electron chi connectivity index (χ3n) is 3.99. The van der Waals surface area contributed by atoms with Gasteiger partial charge in [-0.25, -0.2) is 4.39 Å². The maximum Gasteiger partial charge on any atom is 0.240 e. The molecule has 2 aromatic rings. The van der Waals surface area contributed by atoms with E-state index >= 15 is 0 Å². The van der Waals surface area contributed by atoms with Gasteiger partial charge in [-0.3, -0.25) is 9.59 Å². The molecule has 0 saturated carbocycles. The average molecular weight is 395 g/mol. The summed E-state index contributed by atoms with van der Waals surface area (Å²) in [5.41, 5.74) is 5.71. The van der Waals surface area contributed by atoms with Gasteiger partial charge in [-0.15, -0.1) is 10.2 Å². The van der Waals surface area contributed by atoms with Crippen LogP contribution in [0.15, 0.2) is 28.6 Å². The summed E-state index contributed by atoms with van der Waals surface area (Å²) in [7, 11) is 0. The van der Waals surface area contributed by atoms with Crippen LogP contribution in [0.5, 0.6) is 0 Å². The van der Waals surface area contributed by atoms with Crippen molar-refractivity contribution in [1.29, 1.82) is 0 Å². The predicted octanol–water partition coefficient (Wildman–Crippen LogP) is 2.38. The normalized spacial score (nSPS) is 17.1. The fourth-order valence-corrected chi connectivity index (χ4v) is 4.38. The second kappa shape index (κ2) is 8.45. The molecule has 0 aliphatic carbocycles. The van der Waals surface area contributed by atoms with Crippen molar-refractivity contribution >= 4 is 45.7 Å². The molecule has 138 valence electrons. The van der Waals surface area contributed by atoms with Crippen molar-refractivity contribution in [2.75, 3.05) is 17.6 Å². The number of primary amides is 1. The number of nitrogens with two attached hydrogens (primary N) is 1. The van der Waals surface area contributed by atoms with Gasteiger partial charge >= 0.3 is 0 Å². The van der Waals surface area contributed by atoms with E-state index in [0.29, 0.717) is 28.1 Å². The van der Waals surface area contributed by atoms with Gasteiger partial charge in [0.25, 0.3) is 0 Å². The molecule has 0 bridgehead atoms. The number of benzene rings is 1. The maximum atomic E-state index is 13.6. The zero-order valence-corrected chi connectivity index (χ0v) is 15.5. The molecule has 1 atom stereocenters. The molecular weight excluding hydrogens is 377 g/mol. The summed E-state index contributed by atoms with van der Waals surface area (Å²) in [6, 6.07) is 5.76. The number of aromatic nitrogens is 2. The van der Waals surface area contributed by atoms with Crippen LogP contribution in [-0.4, -0.2) is 45.3 Å². The number of carbonyl (C=O) groups is 2. The largest absolute Gasteiger partial charge is 0.368 e. The van der Waals surface area contributed by atoms with Crippen LogP contribution in [0.1, 0.15) is 19.3 Å². The zero-order valence-electron chi connectivity index (χ0n) is 13.9. The molecule has 1 aromatic heterocycles. The summed E-state index contributed by atoms with van der Waals surface area (Å²) >= 11 is 2.47. The number of carbonyl (C=O) groups excluding carboxylic acids is 2. The molecule has 1 aromatic carbocycles. The first-order chi connectivity index (χ1) is 12.5.